The molecule has 8 heteroatoms. The minimum atomic E-state index is -3.14. The highest BCUT2D eigenvalue weighted by Gasteiger charge is 2.06. The Morgan fingerprint density at radius 1 is 1.12 bits per heavy atom. The molecule has 2 N–H and O–H groups in total. The van der Waals surface area contributed by atoms with Crippen LogP contribution in [0.3, 0.4) is 0 Å². The molecule has 6 nitrogen and oxygen atoms in total. The summed E-state index contributed by atoms with van der Waals surface area (Å²) in [6, 6.07) is 12.9. The normalized spacial score (nSPS) is 11.6. The fourth-order valence-corrected chi connectivity index (χ4v) is 2.95. The van der Waals surface area contributed by atoms with Gasteiger partial charge in [-0.3, -0.25) is 9.98 Å². The molecular formula is C18H25IN4O2S. The summed E-state index contributed by atoms with van der Waals surface area (Å²) in [6.45, 7) is 3.26. The van der Waals surface area contributed by atoms with Gasteiger partial charge in [0.15, 0.2) is 15.8 Å². The lowest BCUT2D eigenvalue weighted by atomic mass is 10.1. The molecule has 0 spiro atoms. The van der Waals surface area contributed by atoms with Gasteiger partial charge in [-0.15, -0.1) is 24.0 Å². The van der Waals surface area contributed by atoms with Crippen LogP contribution in [0, 0.1) is 6.92 Å². The molecular weight excluding hydrogens is 463 g/mol. The highest BCUT2D eigenvalue weighted by molar-refractivity contribution is 14.0. The smallest absolute Gasteiger partial charge is 0.191 e. The predicted molar refractivity (Wildman–Crippen MR) is 116 cm³/mol. The van der Waals surface area contributed by atoms with Crippen LogP contribution < -0.4 is 10.6 Å². The SMILES string of the molecule is CN=C(NCCc1ccc(S(C)(=O)=O)cc1)NCc1cccc(C)n1.I. The Morgan fingerprint density at radius 3 is 2.38 bits per heavy atom. The van der Waals surface area contributed by atoms with Crippen LogP contribution in [0.5, 0.6) is 0 Å². The summed E-state index contributed by atoms with van der Waals surface area (Å²) in [5, 5.41) is 6.47. The summed E-state index contributed by atoms with van der Waals surface area (Å²) in [4.78, 5) is 8.97. The first kappa shape index (κ1) is 22.4. The second-order valence-electron chi connectivity index (χ2n) is 5.79. The largest absolute Gasteiger partial charge is 0.356 e. The van der Waals surface area contributed by atoms with Crippen molar-refractivity contribution in [1.82, 2.24) is 15.6 Å². The number of aliphatic imine (C=N–C) groups is 1. The summed E-state index contributed by atoms with van der Waals surface area (Å²) in [5.74, 6) is 0.705. The standard InChI is InChI=1S/C18H24N4O2S.HI/c1-14-5-4-6-16(22-14)13-21-18(19-2)20-12-11-15-7-9-17(10-8-15)25(3,23)24;/h4-10H,11-13H2,1-3H3,(H2,19,20,21);1H. The van der Waals surface area contributed by atoms with Gasteiger partial charge in [-0.05, 0) is 43.2 Å². The van der Waals surface area contributed by atoms with Gasteiger partial charge < -0.3 is 10.6 Å². The minimum absolute atomic E-state index is 0. The van der Waals surface area contributed by atoms with Crippen molar-refractivity contribution in [3.8, 4) is 0 Å². The number of hydrogen-bond acceptors (Lipinski definition) is 4. The van der Waals surface area contributed by atoms with E-state index in [0.29, 0.717) is 23.9 Å². The molecule has 0 aliphatic carbocycles. The summed E-state index contributed by atoms with van der Waals surface area (Å²) in [6.07, 6.45) is 1.98. The Hall–Kier alpha value is -1.68. The van der Waals surface area contributed by atoms with Crippen LogP contribution >= 0.6 is 24.0 Å². The number of benzene rings is 1. The Morgan fingerprint density at radius 2 is 1.81 bits per heavy atom. The summed E-state index contributed by atoms with van der Waals surface area (Å²) in [5.41, 5.74) is 3.01. The second-order valence-corrected chi connectivity index (χ2v) is 7.80. The van der Waals surface area contributed by atoms with E-state index in [4.69, 9.17) is 0 Å². The highest BCUT2D eigenvalue weighted by atomic mass is 127. The zero-order valence-corrected chi connectivity index (χ0v) is 18.3. The van der Waals surface area contributed by atoms with Crippen LogP contribution in [-0.4, -0.2) is 39.2 Å². The van der Waals surface area contributed by atoms with Crippen molar-refractivity contribution in [2.75, 3.05) is 19.8 Å². The molecule has 1 heterocycles. The zero-order valence-electron chi connectivity index (χ0n) is 15.2. The molecule has 0 bridgehead atoms. The monoisotopic (exact) mass is 488 g/mol. The van der Waals surface area contributed by atoms with Gasteiger partial charge in [0.2, 0.25) is 0 Å². The van der Waals surface area contributed by atoms with E-state index in [-0.39, 0.29) is 24.0 Å². The first-order valence-electron chi connectivity index (χ1n) is 8.04. The molecule has 0 fully saturated rings. The first-order valence-corrected chi connectivity index (χ1v) is 9.93. The number of hydrogen-bond donors (Lipinski definition) is 2. The number of aromatic nitrogens is 1. The number of halogens is 1. The molecule has 142 valence electrons. The van der Waals surface area contributed by atoms with Crippen molar-refractivity contribution in [2.45, 2.75) is 24.8 Å². The summed E-state index contributed by atoms with van der Waals surface area (Å²) < 4.78 is 22.9. The molecule has 0 saturated heterocycles. The second kappa shape index (κ2) is 10.5. The van der Waals surface area contributed by atoms with E-state index in [1.807, 2.05) is 37.3 Å². The van der Waals surface area contributed by atoms with Gasteiger partial charge in [-0.1, -0.05) is 18.2 Å². The maximum Gasteiger partial charge on any atom is 0.191 e. The summed E-state index contributed by atoms with van der Waals surface area (Å²) in [7, 11) is -1.42. The van der Waals surface area contributed by atoms with E-state index in [0.717, 1.165) is 23.4 Å². The van der Waals surface area contributed by atoms with Crippen LogP contribution in [0.4, 0.5) is 0 Å². The number of nitrogens with zero attached hydrogens (tertiary/aromatic N) is 2. The third-order valence-electron chi connectivity index (χ3n) is 3.66. The van der Waals surface area contributed by atoms with Crippen LogP contribution in [-0.2, 0) is 22.8 Å². The number of pyridine rings is 1. The number of guanidine groups is 1. The molecule has 0 atom stereocenters. The van der Waals surface area contributed by atoms with Crippen LogP contribution in [0.2, 0.25) is 0 Å². The lowest BCUT2D eigenvalue weighted by Gasteiger charge is -2.12. The van der Waals surface area contributed by atoms with E-state index in [1.54, 1.807) is 19.2 Å². The maximum atomic E-state index is 11.5. The topological polar surface area (TPSA) is 83.5 Å². The Kier molecular flexibility index (Phi) is 9.00. The molecule has 2 rings (SSSR count). The molecule has 26 heavy (non-hydrogen) atoms. The Bertz CT molecular complexity index is 837. The summed E-state index contributed by atoms with van der Waals surface area (Å²) >= 11 is 0. The molecule has 0 radical (unpaired) electrons. The van der Waals surface area contributed by atoms with Gasteiger partial charge in [0.25, 0.3) is 0 Å². The van der Waals surface area contributed by atoms with Crippen molar-refractivity contribution in [2.24, 2.45) is 4.99 Å². The lowest BCUT2D eigenvalue weighted by molar-refractivity contribution is 0.602. The van der Waals surface area contributed by atoms with Crippen molar-refractivity contribution in [3.05, 3.63) is 59.4 Å². The molecule has 0 saturated carbocycles. The maximum absolute atomic E-state index is 11.5. The number of sulfone groups is 1. The van der Waals surface area contributed by atoms with E-state index >= 15 is 0 Å². The van der Waals surface area contributed by atoms with Gasteiger partial charge in [-0.2, -0.15) is 0 Å². The van der Waals surface area contributed by atoms with E-state index in [9.17, 15) is 8.42 Å². The number of aryl methyl sites for hydroxylation is 1. The van der Waals surface area contributed by atoms with Crippen LogP contribution in [0.1, 0.15) is 17.0 Å². The van der Waals surface area contributed by atoms with Crippen molar-refractivity contribution in [3.63, 3.8) is 0 Å². The third-order valence-corrected chi connectivity index (χ3v) is 4.79. The van der Waals surface area contributed by atoms with Gasteiger partial charge in [0, 0.05) is 25.5 Å². The average Bonchev–Trinajstić information content (AvgIpc) is 2.57. The van der Waals surface area contributed by atoms with Crippen molar-refractivity contribution >= 4 is 39.8 Å². The van der Waals surface area contributed by atoms with Gasteiger partial charge in [-0.25, -0.2) is 8.42 Å². The third kappa shape index (κ3) is 7.28. The molecule has 2 aromatic rings. The van der Waals surface area contributed by atoms with E-state index < -0.39 is 9.84 Å². The molecule has 0 aliphatic rings. The fraction of sp³-hybridized carbons (Fsp3) is 0.333. The molecule has 1 aromatic carbocycles. The van der Waals surface area contributed by atoms with Gasteiger partial charge in [0.05, 0.1) is 17.1 Å². The first-order chi connectivity index (χ1) is 11.9. The number of nitrogens with one attached hydrogen (secondary N) is 2. The lowest BCUT2D eigenvalue weighted by Crippen LogP contribution is -2.38. The molecule has 1 aromatic heterocycles. The minimum Gasteiger partial charge on any atom is -0.356 e. The predicted octanol–water partition coefficient (Wildman–Crippen LogP) is 2.32. The van der Waals surface area contributed by atoms with Crippen LogP contribution in [0.15, 0.2) is 52.4 Å². The van der Waals surface area contributed by atoms with Gasteiger partial charge >= 0.3 is 0 Å². The van der Waals surface area contributed by atoms with E-state index in [2.05, 4.69) is 20.6 Å². The van der Waals surface area contributed by atoms with Gasteiger partial charge in [0.1, 0.15) is 0 Å². The Balaban J connectivity index is 0.00000338. The van der Waals surface area contributed by atoms with Crippen LogP contribution in [0.25, 0.3) is 0 Å². The molecule has 0 aliphatic heterocycles. The van der Waals surface area contributed by atoms with Crippen molar-refractivity contribution in [1.29, 1.82) is 0 Å². The zero-order chi connectivity index (χ0) is 18.3. The quantitative estimate of drug-likeness (QED) is 0.371. The Labute approximate surface area is 172 Å². The van der Waals surface area contributed by atoms with E-state index in [1.165, 1.54) is 6.26 Å². The number of rotatable bonds is 6. The van der Waals surface area contributed by atoms with Crippen molar-refractivity contribution < 1.29 is 8.42 Å². The highest BCUT2D eigenvalue weighted by Crippen LogP contribution is 2.10. The molecule has 0 amide bonds. The molecule has 0 unspecified atom stereocenters. The fourth-order valence-electron chi connectivity index (χ4n) is 2.32. The average molecular weight is 488 g/mol.